The van der Waals surface area contributed by atoms with Gasteiger partial charge in [-0.3, -0.25) is 0 Å². The SMILES string of the molecule is CC(NCCOCC(F)(F)F)c1cccc(O)c1. The van der Waals surface area contributed by atoms with Crippen LogP contribution in [0.15, 0.2) is 24.3 Å². The fourth-order valence-corrected chi connectivity index (χ4v) is 1.45. The summed E-state index contributed by atoms with van der Waals surface area (Å²) in [6.07, 6.45) is -4.28. The molecule has 1 atom stereocenters. The second kappa shape index (κ2) is 6.61. The first-order valence-corrected chi connectivity index (χ1v) is 5.55. The standard InChI is InChI=1S/C12H16F3NO2/c1-9(10-3-2-4-11(17)7-10)16-5-6-18-8-12(13,14)15/h2-4,7,9,16-17H,5-6,8H2,1H3. The van der Waals surface area contributed by atoms with Gasteiger partial charge in [-0.15, -0.1) is 0 Å². The number of hydrogen-bond acceptors (Lipinski definition) is 3. The third-order valence-electron chi connectivity index (χ3n) is 2.33. The molecule has 6 heteroatoms. The lowest BCUT2D eigenvalue weighted by Gasteiger charge is -2.15. The zero-order valence-corrected chi connectivity index (χ0v) is 10.00. The third-order valence-corrected chi connectivity index (χ3v) is 2.33. The highest BCUT2D eigenvalue weighted by atomic mass is 19.4. The van der Waals surface area contributed by atoms with Gasteiger partial charge in [0, 0.05) is 12.6 Å². The first-order chi connectivity index (χ1) is 8.38. The number of benzene rings is 1. The average molecular weight is 263 g/mol. The second-order valence-electron chi connectivity index (χ2n) is 3.94. The van der Waals surface area contributed by atoms with E-state index in [2.05, 4.69) is 10.1 Å². The summed E-state index contributed by atoms with van der Waals surface area (Å²) in [5.41, 5.74) is 0.867. The number of ether oxygens (including phenoxy) is 1. The highest BCUT2D eigenvalue weighted by Gasteiger charge is 2.27. The van der Waals surface area contributed by atoms with E-state index in [0.717, 1.165) is 5.56 Å². The van der Waals surface area contributed by atoms with Gasteiger partial charge < -0.3 is 15.2 Å². The van der Waals surface area contributed by atoms with Crippen molar-refractivity contribution >= 4 is 0 Å². The smallest absolute Gasteiger partial charge is 0.411 e. The highest BCUT2D eigenvalue weighted by molar-refractivity contribution is 5.28. The minimum atomic E-state index is -4.28. The Morgan fingerprint density at radius 3 is 2.72 bits per heavy atom. The van der Waals surface area contributed by atoms with Crippen molar-refractivity contribution in [2.24, 2.45) is 0 Å². The Bertz CT molecular complexity index is 369. The van der Waals surface area contributed by atoms with Crippen LogP contribution in [0.4, 0.5) is 13.2 Å². The Labute approximate surface area is 104 Å². The Balaban J connectivity index is 2.23. The fourth-order valence-electron chi connectivity index (χ4n) is 1.45. The summed E-state index contributed by atoms with van der Waals surface area (Å²) >= 11 is 0. The van der Waals surface area contributed by atoms with E-state index in [4.69, 9.17) is 0 Å². The van der Waals surface area contributed by atoms with E-state index in [1.807, 2.05) is 13.0 Å². The van der Waals surface area contributed by atoms with Gasteiger partial charge in [-0.2, -0.15) is 13.2 Å². The van der Waals surface area contributed by atoms with E-state index in [-0.39, 0.29) is 18.4 Å². The molecule has 0 saturated carbocycles. The van der Waals surface area contributed by atoms with Crippen LogP contribution in [0.2, 0.25) is 0 Å². The molecule has 1 rings (SSSR count). The molecule has 1 unspecified atom stereocenters. The van der Waals surface area contributed by atoms with Crippen LogP contribution < -0.4 is 5.32 Å². The Kier molecular flexibility index (Phi) is 5.43. The maximum atomic E-state index is 11.8. The van der Waals surface area contributed by atoms with E-state index in [1.165, 1.54) is 0 Å². The molecule has 0 heterocycles. The van der Waals surface area contributed by atoms with Crippen LogP contribution in [-0.2, 0) is 4.74 Å². The van der Waals surface area contributed by atoms with Crippen molar-refractivity contribution in [3.8, 4) is 5.75 Å². The van der Waals surface area contributed by atoms with Gasteiger partial charge in [0.05, 0.1) is 6.61 Å². The van der Waals surface area contributed by atoms with Crippen molar-refractivity contribution in [2.75, 3.05) is 19.8 Å². The summed E-state index contributed by atoms with van der Waals surface area (Å²) in [5, 5.41) is 12.3. The lowest BCUT2D eigenvalue weighted by molar-refractivity contribution is -0.173. The highest BCUT2D eigenvalue weighted by Crippen LogP contribution is 2.17. The zero-order valence-electron chi connectivity index (χ0n) is 10.00. The normalized spacial score (nSPS) is 13.6. The first-order valence-electron chi connectivity index (χ1n) is 5.55. The van der Waals surface area contributed by atoms with Crippen molar-refractivity contribution in [1.29, 1.82) is 0 Å². The predicted octanol–water partition coefficient (Wildman–Crippen LogP) is 2.62. The molecular weight excluding hydrogens is 247 g/mol. The predicted molar refractivity (Wildman–Crippen MR) is 61.4 cm³/mol. The lowest BCUT2D eigenvalue weighted by atomic mass is 10.1. The molecule has 0 saturated heterocycles. The minimum absolute atomic E-state index is 0.0112. The number of phenolic OH excluding ortho intramolecular Hbond substituents is 1. The molecule has 2 N–H and O–H groups in total. The molecular formula is C12H16F3NO2. The average Bonchev–Trinajstić information content (AvgIpc) is 2.26. The molecule has 0 aromatic heterocycles. The van der Waals surface area contributed by atoms with Gasteiger partial charge >= 0.3 is 6.18 Å². The summed E-state index contributed by atoms with van der Waals surface area (Å²) in [7, 11) is 0. The Morgan fingerprint density at radius 1 is 1.39 bits per heavy atom. The summed E-state index contributed by atoms with van der Waals surface area (Å²) in [4.78, 5) is 0. The van der Waals surface area contributed by atoms with Crippen molar-refractivity contribution in [2.45, 2.75) is 19.1 Å². The van der Waals surface area contributed by atoms with Crippen LogP contribution in [0.25, 0.3) is 0 Å². The molecule has 102 valence electrons. The van der Waals surface area contributed by atoms with Gasteiger partial charge in [-0.1, -0.05) is 12.1 Å². The first kappa shape index (κ1) is 14.8. The molecule has 0 amide bonds. The van der Waals surface area contributed by atoms with Gasteiger partial charge in [0.2, 0.25) is 0 Å². The van der Waals surface area contributed by atoms with Gasteiger partial charge in [-0.25, -0.2) is 0 Å². The molecule has 0 radical (unpaired) electrons. The van der Waals surface area contributed by atoms with Gasteiger partial charge in [0.1, 0.15) is 12.4 Å². The lowest BCUT2D eigenvalue weighted by Crippen LogP contribution is -2.25. The van der Waals surface area contributed by atoms with Crippen molar-refractivity contribution in [3.05, 3.63) is 29.8 Å². The topological polar surface area (TPSA) is 41.5 Å². The summed E-state index contributed by atoms with van der Waals surface area (Å²) in [6, 6.07) is 6.64. The number of nitrogens with one attached hydrogen (secondary N) is 1. The molecule has 3 nitrogen and oxygen atoms in total. The number of rotatable bonds is 6. The molecule has 1 aromatic carbocycles. The maximum absolute atomic E-state index is 11.8. The molecule has 18 heavy (non-hydrogen) atoms. The van der Waals surface area contributed by atoms with Crippen molar-refractivity contribution in [1.82, 2.24) is 5.32 Å². The largest absolute Gasteiger partial charge is 0.508 e. The number of phenols is 1. The van der Waals surface area contributed by atoms with E-state index in [1.54, 1.807) is 18.2 Å². The molecule has 0 fully saturated rings. The van der Waals surface area contributed by atoms with Crippen LogP contribution in [0, 0.1) is 0 Å². The number of aromatic hydroxyl groups is 1. The minimum Gasteiger partial charge on any atom is -0.508 e. The van der Waals surface area contributed by atoms with Gasteiger partial charge in [-0.05, 0) is 24.6 Å². The summed E-state index contributed by atoms with van der Waals surface area (Å²) in [5.74, 6) is 0.162. The van der Waals surface area contributed by atoms with E-state index in [0.29, 0.717) is 6.54 Å². The van der Waals surface area contributed by atoms with Crippen LogP contribution in [0.5, 0.6) is 5.75 Å². The van der Waals surface area contributed by atoms with E-state index in [9.17, 15) is 18.3 Å². The molecule has 0 spiro atoms. The van der Waals surface area contributed by atoms with Crippen LogP contribution in [0.3, 0.4) is 0 Å². The molecule has 0 bridgehead atoms. The third kappa shape index (κ3) is 5.88. The Morgan fingerprint density at radius 2 is 2.11 bits per heavy atom. The van der Waals surface area contributed by atoms with Gasteiger partial charge in [0.15, 0.2) is 0 Å². The monoisotopic (exact) mass is 263 g/mol. The Hall–Kier alpha value is -1.27. The van der Waals surface area contributed by atoms with Crippen LogP contribution >= 0.6 is 0 Å². The molecule has 1 aromatic rings. The number of halogens is 3. The maximum Gasteiger partial charge on any atom is 0.411 e. The summed E-state index contributed by atoms with van der Waals surface area (Å²) in [6.45, 7) is 0.934. The van der Waals surface area contributed by atoms with Gasteiger partial charge in [0.25, 0.3) is 0 Å². The van der Waals surface area contributed by atoms with E-state index < -0.39 is 12.8 Å². The molecule has 0 aliphatic heterocycles. The van der Waals surface area contributed by atoms with Crippen LogP contribution in [0.1, 0.15) is 18.5 Å². The van der Waals surface area contributed by atoms with E-state index >= 15 is 0 Å². The number of alkyl halides is 3. The number of hydrogen-bond donors (Lipinski definition) is 2. The molecule has 0 aliphatic rings. The van der Waals surface area contributed by atoms with Crippen molar-refractivity contribution in [3.63, 3.8) is 0 Å². The zero-order chi connectivity index (χ0) is 13.6. The molecule has 0 aliphatic carbocycles. The quantitative estimate of drug-likeness (QED) is 0.775. The second-order valence-corrected chi connectivity index (χ2v) is 3.94. The van der Waals surface area contributed by atoms with Crippen molar-refractivity contribution < 1.29 is 23.0 Å². The van der Waals surface area contributed by atoms with Crippen LogP contribution in [-0.4, -0.2) is 31.0 Å². The summed E-state index contributed by atoms with van der Waals surface area (Å²) < 4.78 is 39.8. The fraction of sp³-hybridized carbons (Fsp3) is 0.500.